The molecule has 1 N–H and O–H groups in total. The first-order valence-electron chi connectivity index (χ1n) is 6.82. The number of rotatable bonds is 5. The zero-order valence-electron chi connectivity index (χ0n) is 13.1. The minimum absolute atomic E-state index is 0.226. The number of ether oxygens (including phenoxy) is 1. The van der Waals surface area contributed by atoms with E-state index in [2.05, 4.69) is 5.32 Å². The van der Waals surface area contributed by atoms with Crippen molar-refractivity contribution in [3.63, 3.8) is 0 Å². The third-order valence-electron chi connectivity index (χ3n) is 3.32. The Labute approximate surface area is 146 Å². The molecule has 1 amide bonds. The lowest BCUT2D eigenvalue weighted by atomic mass is 10.1. The van der Waals surface area contributed by atoms with Crippen molar-refractivity contribution in [3.05, 3.63) is 66.7 Å². The van der Waals surface area contributed by atoms with E-state index in [4.69, 9.17) is 16.3 Å². The summed E-state index contributed by atoms with van der Waals surface area (Å²) in [6.07, 6.45) is 0. The van der Waals surface area contributed by atoms with Gasteiger partial charge in [-0.2, -0.15) is 0 Å². The molecule has 0 unspecified atom stereocenters. The van der Waals surface area contributed by atoms with E-state index in [0.29, 0.717) is 10.6 Å². The molecule has 2 aromatic rings. The van der Waals surface area contributed by atoms with Crippen LogP contribution >= 0.6 is 11.6 Å². The highest BCUT2D eigenvalue weighted by atomic mass is 35.5. The Morgan fingerprint density at radius 1 is 1.08 bits per heavy atom. The Balaban J connectivity index is 2.43. The Morgan fingerprint density at radius 3 is 2.12 bits per heavy atom. The predicted molar refractivity (Wildman–Crippen MR) is 90.4 cm³/mol. The highest BCUT2D eigenvalue weighted by molar-refractivity contribution is 6.31. The third kappa shape index (κ3) is 4.01. The minimum Gasteiger partial charge on any atom is -0.495 e. The minimum atomic E-state index is -0.809. The topological polar surface area (TPSA) is 125 Å². The molecule has 0 saturated heterocycles. The number of hydrogen-bond donors (Lipinski definition) is 1. The summed E-state index contributed by atoms with van der Waals surface area (Å²) in [6, 6.07) is 5.76. The maximum atomic E-state index is 12.4. The normalized spacial score (nSPS) is 10.2. The zero-order valence-corrected chi connectivity index (χ0v) is 13.9. The molecule has 0 aliphatic heterocycles. The van der Waals surface area contributed by atoms with E-state index in [1.807, 2.05) is 0 Å². The summed E-state index contributed by atoms with van der Waals surface area (Å²) < 4.78 is 5.13. The fourth-order valence-electron chi connectivity index (χ4n) is 2.06. The third-order valence-corrected chi connectivity index (χ3v) is 3.72. The molecule has 0 heterocycles. The van der Waals surface area contributed by atoms with E-state index in [-0.39, 0.29) is 17.0 Å². The summed E-state index contributed by atoms with van der Waals surface area (Å²) in [7, 11) is 1.38. The number of nitro groups is 2. The van der Waals surface area contributed by atoms with E-state index in [0.717, 1.165) is 18.2 Å². The van der Waals surface area contributed by atoms with Gasteiger partial charge in [-0.3, -0.25) is 25.0 Å². The molecule has 0 atom stereocenters. The van der Waals surface area contributed by atoms with Gasteiger partial charge in [-0.15, -0.1) is 0 Å². The molecule has 9 nitrogen and oxygen atoms in total. The lowest BCUT2D eigenvalue weighted by Gasteiger charge is -2.12. The molecule has 130 valence electrons. The maximum Gasteiger partial charge on any atom is 0.277 e. The van der Waals surface area contributed by atoms with Crippen LogP contribution in [-0.2, 0) is 0 Å². The van der Waals surface area contributed by atoms with Gasteiger partial charge in [0.2, 0.25) is 0 Å². The number of non-ortho nitro benzene ring substituents is 2. The molecule has 0 saturated carbocycles. The first-order chi connectivity index (χ1) is 11.7. The molecule has 0 bridgehead atoms. The van der Waals surface area contributed by atoms with Gasteiger partial charge in [-0.25, -0.2) is 0 Å². The number of benzene rings is 2. The zero-order chi connectivity index (χ0) is 18.7. The Hall–Kier alpha value is -3.20. The average Bonchev–Trinajstić information content (AvgIpc) is 2.57. The molecule has 0 radical (unpaired) electrons. The van der Waals surface area contributed by atoms with Crippen LogP contribution < -0.4 is 10.1 Å². The number of amides is 1. The molecular weight excluding hydrogens is 354 g/mol. The molecule has 2 rings (SSSR count). The van der Waals surface area contributed by atoms with Gasteiger partial charge < -0.3 is 10.1 Å². The Bertz CT molecular complexity index is 852. The van der Waals surface area contributed by atoms with Gasteiger partial charge in [0, 0.05) is 23.2 Å². The van der Waals surface area contributed by atoms with Crippen LogP contribution in [0.25, 0.3) is 0 Å². The molecule has 0 aliphatic rings. The number of hydrogen-bond acceptors (Lipinski definition) is 6. The van der Waals surface area contributed by atoms with Gasteiger partial charge in [0.05, 0.1) is 34.3 Å². The van der Waals surface area contributed by atoms with E-state index in [1.165, 1.54) is 13.2 Å². The smallest absolute Gasteiger partial charge is 0.277 e. The number of carbonyl (C=O) groups is 1. The summed E-state index contributed by atoms with van der Waals surface area (Å²) in [5.74, 6) is -0.476. The highest BCUT2D eigenvalue weighted by Crippen LogP contribution is 2.32. The summed E-state index contributed by atoms with van der Waals surface area (Å²) in [4.78, 5) is 32.6. The van der Waals surface area contributed by atoms with Crippen LogP contribution in [-0.4, -0.2) is 22.9 Å². The van der Waals surface area contributed by atoms with Crippen molar-refractivity contribution >= 4 is 34.6 Å². The fraction of sp³-hybridized carbons (Fsp3) is 0.133. The van der Waals surface area contributed by atoms with E-state index >= 15 is 0 Å². The number of anilines is 1. The van der Waals surface area contributed by atoms with Crippen LogP contribution in [0, 0.1) is 27.2 Å². The second-order valence-corrected chi connectivity index (χ2v) is 5.42. The van der Waals surface area contributed by atoms with Gasteiger partial charge in [-0.1, -0.05) is 11.6 Å². The Kier molecular flexibility index (Phi) is 5.18. The van der Waals surface area contributed by atoms with Crippen molar-refractivity contribution in [1.82, 2.24) is 0 Å². The molecule has 0 aromatic heterocycles. The second kappa shape index (κ2) is 7.14. The van der Waals surface area contributed by atoms with Gasteiger partial charge in [0.25, 0.3) is 17.3 Å². The van der Waals surface area contributed by atoms with Crippen LogP contribution in [0.3, 0.4) is 0 Å². The van der Waals surface area contributed by atoms with Crippen molar-refractivity contribution in [2.75, 3.05) is 12.4 Å². The summed E-state index contributed by atoms with van der Waals surface area (Å²) >= 11 is 5.99. The quantitative estimate of drug-likeness (QED) is 0.635. The van der Waals surface area contributed by atoms with Crippen molar-refractivity contribution in [2.24, 2.45) is 0 Å². The molecule has 25 heavy (non-hydrogen) atoms. The van der Waals surface area contributed by atoms with Crippen LogP contribution in [0.1, 0.15) is 15.9 Å². The number of halogens is 1. The molecule has 0 spiro atoms. The standard InChI is InChI=1S/C15H12ClN3O6/c1-8-3-13(14(25-2)7-12(8)16)17-15(20)9-4-10(18(21)22)6-11(5-9)19(23)24/h3-7H,1-2H3,(H,17,20). The number of nitrogens with one attached hydrogen (secondary N) is 1. The first-order valence-corrected chi connectivity index (χ1v) is 7.20. The predicted octanol–water partition coefficient (Wildman–Crippen LogP) is 3.73. The first kappa shape index (κ1) is 18.1. The van der Waals surface area contributed by atoms with Gasteiger partial charge in [-0.05, 0) is 18.6 Å². The number of nitrogens with zero attached hydrogens (tertiary/aromatic N) is 2. The number of methoxy groups -OCH3 is 1. The fourth-order valence-corrected chi connectivity index (χ4v) is 2.22. The van der Waals surface area contributed by atoms with E-state index < -0.39 is 27.1 Å². The lowest BCUT2D eigenvalue weighted by Crippen LogP contribution is -2.13. The van der Waals surface area contributed by atoms with Crippen LogP contribution in [0.2, 0.25) is 5.02 Å². The van der Waals surface area contributed by atoms with Crippen LogP contribution in [0.5, 0.6) is 5.75 Å². The largest absolute Gasteiger partial charge is 0.495 e. The average molecular weight is 366 g/mol. The number of carbonyl (C=O) groups excluding carboxylic acids is 1. The van der Waals surface area contributed by atoms with Crippen LogP contribution in [0.15, 0.2) is 30.3 Å². The van der Waals surface area contributed by atoms with Crippen molar-refractivity contribution in [2.45, 2.75) is 6.92 Å². The lowest BCUT2D eigenvalue weighted by molar-refractivity contribution is -0.394. The van der Waals surface area contributed by atoms with Crippen molar-refractivity contribution in [1.29, 1.82) is 0 Å². The Morgan fingerprint density at radius 2 is 1.64 bits per heavy atom. The second-order valence-electron chi connectivity index (χ2n) is 5.01. The summed E-state index contributed by atoms with van der Waals surface area (Å²) in [6.45, 7) is 1.72. The maximum absolute atomic E-state index is 12.4. The molecule has 0 fully saturated rings. The molecule has 10 heteroatoms. The van der Waals surface area contributed by atoms with Crippen LogP contribution in [0.4, 0.5) is 17.1 Å². The van der Waals surface area contributed by atoms with Gasteiger partial charge in [0.1, 0.15) is 5.75 Å². The van der Waals surface area contributed by atoms with E-state index in [1.54, 1.807) is 13.0 Å². The monoisotopic (exact) mass is 365 g/mol. The van der Waals surface area contributed by atoms with Gasteiger partial charge >= 0.3 is 0 Å². The number of aryl methyl sites for hydroxylation is 1. The summed E-state index contributed by atoms with van der Waals surface area (Å²) in [5, 5.41) is 24.8. The van der Waals surface area contributed by atoms with Gasteiger partial charge in [0.15, 0.2) is 0 Å². The highest BCUT2D eigenvalue weighted by Gasteiger charge is 2.21. The van der Waals surface area contributed by atoms with E-state index in [9.17, 15) is 25.0 Å². The molecular formula is C15H12ClN3O6. The molecule has 0 aliphatic carbocycles. The number of nitro benzene ring substituents is 2. The van der Waals surface area contributed by atoms with Crippen molar-refractivity contribution < 1.29 is 19.4 Å². The SMILES string of the molecule is COc1cc(Cl)c(C)cc1NC(=O)c1cc([N+](=O)[O-])cc([N+](=O)[O-])c1. The van der Waals surface area contributed by atoms with Crippen molar-refractivity contribution in [3.8, 4) is 5.75 Å². The summed E-state index contributed by atoms with van der Waals surface area (Å²) in [5.41, 5.74) is -0.390. The molecule has 2 aromatic carbocycles.